The van der Waals surface area contributed by atoms with E-state index in [1.807, 2.05) is 6.07 Å². The Bertz CT molecular complexity index is 1490. The van der Waals surface area contributed by atoms with E-state index < -0.39 is 22.6 Å². The number of rotatable bonds is 7. The predicted molar refractivity (Wildman–Crippen MR) is 142 cm³/mol. The van der Waals surface area contributed by atoms with E-state index in [9.17, 15) is 21.6 Å². The van der Waals surface area contributed by atoms with Gasteiger partial charge in [-0.15, -0.1) is 0 Å². The van der Waals surface area contributed by atoms with E-state index in [0.717, 1.165) is 37.9 Å². The molecule has 0 amide bonds. The van der Waals surface area contributed by atoms with E-state index in [1.165, 1.54) is 16.7 Å². The lowest BCUT2D eigenvalue weighted by molar-refractivity contribution is -0.140. The van der Waals surface area contributed by atoms with Gasteiger partial charge in [0.25, 0.3) is 0 Å². The highest BCUT2D eigenvalue weighted by atomic mass is 32.2. The summed E-state index contributed by atoms with van der Waals surface area (Å²) < 4.78 is 64.8. The van der Waals surface area contributed by atoms with E-state index in [0.29, 0.717) is 23.1 Å². The van der Waals surface area contributed by atoms with Gasteiger partial charge >= 0.3 is 6.18 Å². The van der Waals surface area contributed by atoms with Crippen LogP contribution in [0.3, 0.4) is 0 Å². The number of nitrogens with zero attached hydrogens (tertiary/aromatic N) is 3. The Morgan fingerprint density at radius 1 is 1.11 bits per heavy atom. The van der Waals surface area contributed by atoms with Crippen LogP contribution in [0.25, 0.3) is 10.9 Å². The quantitative estimate of drug-likeness (QED) is 0.338. The van der Waals surface area contributed by atoms with Crippen LogP contribution in [0.4, 0.5) is 24.5 Å². The van der Waals surface area contributed by atoms with Crippen LogP contribution < -0.4 is 10.6 Å². The number of benzene rings is 2. The van der Waals surface area contributed by atoms with Gasteiger partial charge in [0.2, 0.25) is 0 Å². The van der Waals surface area contributed by atoms with Gasteiger partial charge in [-0.25, -0.2) is 8.42 Å². The van der Waals surface area contributed by atoms with Crippen molar-refractivity contribution < 1.29 is 21.6 Å². The van der Waals surface area contributed by atoms with Gasteiger partial charge < -0.3 is 15.2 Å². The number of nitriles is 1. The minimum Gasteiger partial charge on any atom is -0.382 e. The zero-order valence-corrected chi connectivity index (χ0v) is 21.7. The summed E-state index contributed by atoms with van der Waals surface area (Å²) in [5.41, 5.74) is 2.11. The fourth-order valence-electron chi connectivity index (χ4n) is 4.52. The molecule has 11 heteroatoms. The molecule has 1 saturated heterocycles. The Kier molecular flexibility index (Phi) is 8.20. The lowest BCUT2D eigenvalue weighted by Gasteiger charge is -2.31. The number of likely N-dealkylation sites (tertiary alicyclic amines) is 1. The molecule has 1 fully saturated rings. The van der Waals surface area contributed by atoms with E-state index >= 15 is 0 Å². The fourth-order valence-corrected chi connectivity index (χ4v) is 5.15. The van der Waals surface area contributed by atoms with Crippen molar-refractivity contribution in [2.24, 2.45) is 0 Å². The van der Waals surface area contributed by atoms with Crippen molar-refractivity contribution in [3.63, 3.8) is 0 Å². The van der Waals surface area contributed by atoms with Gasteiger partial charge in [0.1, 0.15) is 6.54 Å². The Morgan fingerprint density at radius 3 is 2.45 bits per heavy atom. The molecule has 0 spiro atoms. The molecule has 0 aliphatic carbocycles. The summed E-state index contributed by atoms with van der Waals surface area (Å²) in [6, 6.07) is 15.5. The Hall–Kier alpha value is -3.67. The van der Waals surface area contributed by atoms with Crippen molar-refractivity contribution >= 4 is 32.1 Å². The third-order valence-corrected chi connectivity index (χ3v) is 7.53. The third kappa shape index (κ3) is 7.00. The first-order chi connectivity index (χ1) is 18.0. The number of anilines is 2. The molecule has 0 atom stereocenters. The molecule has 0 unspecified atom stereocenters. The van der Waals surface area contributed by atoms with Crippen LogP contribution in [-0.2, 0) is 16.4 Å². The molecule has 1 aliphatic heterocycles. The highest BCUT2D eigenvalue weighted by Gasteiger charge is 2.30. The molecule has 7 nitrogen and oxygen atoms in total. The van der Waals surface area contributed by atoms with Crippen molar-refractivity contribution in [3.8, 4) is 17.9 Å². The van der Waals surface area contributed by atoms with Crippen LogP contribution in [0.5, 0.6) is 0 Å². The fraction of sp³-hybridized carbons (Fsp3) is 0.370. The molecular weight excluding hydrogens is 515 g/mol. The maximum Gasteiger partial charge on any atom is 0.406 e. The second-order valence-corrected chi connectivity index (χ2v) is 11.3. The zero-order chi connectivity index (χ0) is 27.3. The standard InChI is InChI=1S/C27H28F3N5O2S/c1-38(36,37)23-9-7-20(8-10-23)32-14-3-4-22-18-24-25(33-21-11-15-34(16-12-21)17-13-31)5-2-6-26(24)35(22)19-27(28,29)30/h2,5-10,18,21,32-33H,11-12,14-17,19H2,1H3. The monoisotopic (exact) mass is 543 g/mol. The summed E-state index contributed by atoms with van der Waals surface area (Å²) in [6.45, 7) is 0.981. The van der Waals surface area contributed by atoms with E-state index in [-0.39, 0.29) is 23.2 Å². The molecule has 0 radical (unpaired) electrons. The first-order valence-corrected chi connectivity index (χ1v) is 14.0. The largest absolute Gasteiger partial charge is 0.406 e. The summed E-state index contributed by atoms with van der Waals surface area (Å²) in [6.07, 6.45) is -1.62. The van der Waals surface area contributed by atoms with Gasteiger partial charge in [0.15, 0.2) is 9.84 Å². The van der Waals surface area contributed by atoms with Crippen molar-refractivity contribution in [3.05, 3.63) is 54.2 Å². The molecule has 2 aromatic carbocycles. The van der Waals surface area contributed by atoms with E-state index in [1.54, 1.807) is 30.3 Å². The van der Waals surface area contributed by atoms with Crippen molar-refractivity contribution in [1.29, 1.82) is 5.26 Å². The maximum atomic E-state index is 13.5. The smallest absolute Gasteiger partial charge is 0.382 e. The Morgan fingerprint density at radius 2 is 1.82 bits per heavy atom. The van der Waals surface area contributed by atoms with Crippen molar-refractivity contribution in [2.45, 2.75) is 36.5 Å². The van der Waals surface area contributed by atoms with Gasteiger partial charge in [0.05, 0.1) is 35.3 Å². The van der Waals surface area contributed by atoms with Crippen LogP contribution in [0.15, 0.2) is 53.4 Å². The van der Waals surface area contributed by atoms with Crippen LogP contribution >= 0.6 is 0 Å². The number of sulfone groups is 1. The molecule has 2 N–H and O–H groups in total. The number of aromatic nitrogens is 1. The number of hydrogen-bond acceptors (Lipinski definition) is 6. The minimum absolute atomic E-state index is 0.161. The number of hydrogen-bond donors (Lipinski definition) is 2. The second kappa shape index (κ2) is 11.4. The third-order valence-electron chi connectivity index (χ3n) is 6.40. The van der Waals surface area contributed by atoms with Crippen molar-refractivity contribution in [2.75, 3.05) is 43.1 Å². The lowest BCUT2D eigenvalue weighted by Crippen LogP contribution is -2.39. The average molecular weight is 544 g/mol. The number of fused-ring (bicyclic) bond motifs is 1. The number of alkyl halides is 3. The first-order valence-electron chi connectivity index (χ1n) is 12.1. The molecule has 1 aromatic heterocycles. The van der Waals surface area contributed by atoms with Gasteiger partial charge in [0, 0.05) is 42.1 Å². The molecular formula is C27H28F3N5O2S. The average Bonchev–Trinajstić information content (AvgIpc) is 3.20. The summed E-state index contributed by atoms with van der Waals surface area (Å²) >= 11 is 0. The zero-order valence-electron chi connectivity index (χ0n) is 20.8. The molecule has 3 aromatic rings. The minimum atomic E-state index is -4.42. The highest BCUT2D eigenvalue weighted by molar-refractivity contribution is 7.90. The lowest BCUT2D eigenvalue weighted by atomic mass is 10.0. The summed E-state index contributed by atoms with van der Waals surface area (Å²) in [4.78, 5) is 2.28. The molecule has 1 aliphatic rings. The molecule has 2 heterocycles. The summed E-state index contributed by atoms with van der Waals surface area (Å²) in [5.74, 6) is 5.75. The van der Waals surface area contributed by atoms with Gasteiger partial charge in [-0.1, -0.05) is 12.0 Å². The molecule has 38 heavy (non-hydrogen) atoms. The van der Waals surface area contributed by atoms with Gasteiger partial charge in [-0.2, -0.15) is 18.4 Å². The number of piperidine rings is 1. The predicted octanol–water partition coefficient (Wildman–Crippen LogP) is 4.47. The van der Waals surface area contributed by atoms with E-state index in [4.69, 9.17) is 5.26 Å². The van der Waals surface area contributed by atoms with Crippen molar-refractivity contribution in [1.82, 2.24) is 9.47 Å². The molecule has 4 rings (SSSR count). The number of halogens is 3. The summed E-state index contributed by atoms with van der Waals surface area (Å²) in [7, 11) is -3.30. The second-order valence-electron chi connectivity index (χ2n) is 9.27. The SMILES string of the molecule is CS(=O)(=O)c1ccc(NCC#Cc2cc3c(NC4CCN(CC#N)CC4)cccc3n2CC(F)(F)F)cc1. The normalized spacial score (nSPS) is 15.0. The van der Waals surface area contributed by atoms with Crippen LogP contribution in [0.1, 0.15) is 18.5 Å². The maximum absolute atomic E-state index is 13.5. The topological polar surface area (TPSA) is 90.2 Å². The highest BCUT2D eigenvalue weighted by Crippen LogP contribution is 2.31. The Balaban J connectivity index is 1.53. The molecule has 0 bridgehead atoms. The molecule has 200 valence electrons. The van der Waals surface area contributed by atoms with Gasteiger partial charge in [-0.05, 0) is 61.2 Å². The Labute approximate surface area is 220 Å². The van der Waals surface area contributed by atoms with Gasteiger partial charge in [-0.3, -0.25) is 4.90 Å². The number of nitrogens with one attached hydrogen (secondary N) is 2. The van der Waals surface area contributed by atoms with Crippen LogP contribution in [0, 0.1) is 23.2 Å². The van der Waals surface area contributed by atoms with E-state index in [2.05, 4.69) is 33.4 Å². The first kappa shape index (κ1) is 27.4. The van der Waals surface area contributed by atoms with Crippen LogP contribution in [0.2, 0.25) is 0 Å². The van der Waals surface area contributed by atoms with Crippen LogP contribution in [-0.4, -0.2) is 62.5 Å². The molecule has 0 saturated carbocycles. The summed E-state index contributed by atoms with van der Waals surface area (Å²) in [5, 5.41) is 16.1.